The van der Waals surface area contributed by atoms with Gasteiger partial charge in [0.05, 0.1) is 6.61 Å². The number of pyridine rings is 1. The number of nitrogens with zero attached hydrogens (tertiary/aromatic N) is 4. The average molecular weight is 428 g/mol. The van der Waals surface area contributed by atoms with Crippen molar-refractivity contribution in [2.24, 2.45) is 5.92 Å². The largest absolute Gasteiger partial charge is 0.383 e. The summed E-state index contributed by atoms with van der Waals surface area (Å²) in [6.45, 7) is 4.65. The number of benzene rings is 1. The van der Waals surface area contributed by atoms with E-state index in [0.29, 0.717) is 30.6 Å². The fourth-order valence-corrected chi connectivity index (χ4v) is 4.13. The number of likely N-dealkylation sites (tertiary alicyclic amines) is 1. The number of urea groups is 1. The van der Waals surface area contributed by atoms with E-state index in [9.17, 15) is 4.79 Å². The Morgan fingerprint density at radius 1 is 1.33 bits per heavy atom. The Balaban J connectivity index is 1.44. The van der Waals surface area contributed by atoms with Crippen LogP contribution in [0.2, 0.25) is 5.02 Å². The highest BCUT2D eigenvalue weighted by Gasteiger charge is 2.28. The van der Waals surface area contributed by atoms with Crippen LogP contribution < -0.4 is 5.32 Å². The number of aromatic nitrogens is 3. The van der Waals surface area contributed by atoms with Crippen molar-refractivity contribution in [3.63, 3.8) is 0 Å². The van der Waals surface area contributed by atoms with Crippen molar-refractivity contribution in [1.29, 1.82) is 0 Å². The summed E-state index contributed by atoms with van der Waals surface area (Å²) in [5, 5.41) is 3.64. The maximum Gasteiger partial charge on any atom is 0.321 e. The normalized spacial score (nSPS) is 16.4. The smallest absolute Gasteiger partial charge is 0.321 e. The van der Waals surface area contributed by atoms with Crippen LogP contribution in [0, 0.1) is 12.8 Å². The lowest BCUT2D eigenvalue weighted by molar-refractivity contribution is 0.187. The maximum absolute atomic E-state index is 12.7. The molecule has 0 aliphatic carbocycles. The molecular weight excluding hydrogens is 402 g/mol. The molecule has 1 aromatic carbocycles. The van der Waals surface area contributed by atoms with Gasteiger partial charge in [-0.2, -0.15) is 0 Å². The first-order valence-corrected chi connectivity index (χ1v) is 10.5. The number of rotatable bonds is 6. The number of amides is 2. The standard InChI is InChI=1S/C22H26ClN5O2/c1-15-17(23)5-3-6-18(15)26-22(29)27-10-8-16(14-27)13-20-25-19-7-4-9-24-21(19)28(20)11-12-30-2/h3-7,9,16H,8,10-14H2,1-2H3,(H,26,29)/t16-/m1/s1. The lowest BCUT2D eigenvalue weighted by atomic mass is 10.0. The van der Waals surface area contributed by atoms with Crippen molar-refractivity contribution < 1.29 is 9.53 Å². The van der Waals surface area contributed by atoms with Gasteiger partial charge in [-0.15, -0.1) is 0 Å². The van der Waals surface area contributed by atoms with Crippen LogP contribution in [-0.2, 0) is 17.7 Å². The number of imidazole rings is 1. The lowest BCUT2D eigenvalue weighted by Gasteiger charge is -2.19. The van der Waals surface area contributed by atoms with Crippen LogP contribution >= 0.6 is 11.6 Å². The minimum absolute atomic E-state index is 0.0857. The van der Waals surface area contributed by atoms with Crippen LogP contribution in [0.25, 0.3) is 11.2 Å². The molecule has 1 N–H and O–H groups in total. The monoisotopic (exact) mass is 427 g/mol. The van der Waals surface area contributed by atoms with E-state index < -0.39 is 0 Å². The van der Waals surface area contributed by atoms with Gasteiger partial charge in [0, 0.05) is 50.1 Å². The molecule has 0 unspecified atom stereocenters. The van der Waals surface area contributed by atoms with Crippen molar-refractivity contribution >= 4 is 34.5 Å². The highest BCUT2D eigenvalue weighted by molar-refractivity contribution is 6.31. The molecule has 30 heavy (non-hydrogen) atoms. The summed E-state index contributed by atoms with van der Waals surface area (Å²) in [5.41, 5.74) is 3.41. The predicted octanol–water partition coefficient (Wildman–Crippen LogP) is 4.14. The Morgan fingerprint density at radius 2 is 2.20 bits per heavy atom. The number of methoxy groups -OCH3 is 1. The third-order valence-corrected chi connectivity index (χ3v) is 6.06. The summed E-state index contributed by atoms with van der Waals surface area (Å²) >= 11 is 6.17. The first kappa shape index (κ1) is 20.6. The molecule has 1 aliphatic heterocycles. The Kier molecular flexibility index (Phi) is 6.20. The van der Waals surface area contributed by atoms with Crippen LogP contribution in [0.1, 0.15) is 17.8 Å². The molecule has 2 aromatic heterocycles. The molecule has 1 atom stereocenters. The first-order valence-electron chi connectivity index (χ1n) is 10.2. The molecule has 0 spiro atoms. The number of hydrogen-bond acceptors (Lipinski definition) is 4. The van der Waals surface area contributed by atoms with E-state index in [1.54, 1.807) is 13.3 Å². The van der Waals surface area contributed by atoms with Crippen LogP contribution in [0.15, 0.2) is 36.5 Å². The average Bonchev–Trinajstić information content (AvgIpc) is 3.34. The number of carbonyl (C=O) groups excluding carboxylic acids is 1. The molecule has 1 aliphatic rings. The molecule has 0 saturated carbocycles. The van der Waals surface area contributed by atoms with Gasteiger partial charge >= 0.3 is 6.03 Å². The van der Waals surface area contributed by atoms with E-state index in [1.807, 2.05) is 42.2 Å². The summed E-state index contributed by atoms with van der Waals surface area (Å²) in [7, 11) is 1.70. The molecule has 8 heteroatoms. The summed E-state index contributed by atoms with van der Waals surface area (Å²) in [4.78, 5) is 23.9. The fourth-order valence-electron chi connectivity index (χ4n) is 3.96. The second-order valence-electron chi connectivity index (χ2n) is 7.67. The number of carbonyl (C=O) groups is 1. The topological polar surface area (TPSA) is 72.3 Å². The number of ether oxygens (including phenoxy) is 1. The first-order chi connectivity index (χ1) is 14.6. The minimum atomic E-state index is -0.0857. The summed E-state index contributed by atoms with van der Waals surface area (Å²) in [6.07, 6.45) is 3.54. The summed E-state index contributed by atoms with van der Waals surface area (Å²) in [5.74, 6) is 1.35. The van der Waals surface area contributed by atoms with Gasteiger partial charge in [0.1, 0.15) is 11.3 Å². The molecule has 1 fully saturated rings. The van der Waals surface area contributed by atoms with Crippen LogP contribution in [0.4, 0.5) is 10.5 Å². The number of halogens is 1. The molecule has 158 valence electrons. The SMILES string of the molecule is COCCn1c(C[C@H]2CCN(C(=O)Nc3cccc(Cl)c3C)C2)nc2cccnc21. The van der Waals surface area contributed by atoms with E-state index in [2.05, 4.69) is 14.9 Å². The van der Waals surface area contributed by atoms with E-state index in [-0.39, 0.29) is 6.03 Å². The molecule has 0 radical (unpaired) electrons. The quantitative estimate of drug-likeness (QED) is 0.641. The Labute approximate surface area is 181 Å². The molecule has 3 aromatic rings. The zero-order valence-electron chi connectivity index (χ0n) is 17.3. The van der Waals surface area contributed by atoms with E-state index in [0.717, 1.165) is 47.6 Å². The molecule has 1 saturated heterocycles. The van der Waals surface area contributed by atoms with Gasteiger partial charge in [-0.25, -0.2) is 14.8 Å². The minimum Gasteiger partial charge on any atom is -0.383 e. The van der Waals surface area contributed by atoms with E-state index in [4.69, 9.17) is 21.3 Å². The molecule has 7 nitrogen and oxygen atoms in total. The van der Waals surface area contributed by atoms with Gasteiger partial charge < -0.3 is 19.5 Å². The molecule has 2 amide bonds. The summed E-state index contributed by atoms with van der Waals surface area (Å²) in [6, 6.07) is 9.34. The number of hydrogen-bond donors (Lipinski definition) is 1. The Morgan fingerprint density at radius 3 is 3.03 bits per heavy atom. The van der Waals surface area contributed by atoms with Gasteiger partial charge in [-0.05, 0) is 49.1 Å². The third-order valence-electron chi connectivity index (χ3n) is 5.66. The zero-order valence-corrected chi connectivity index (χ0v) is 18.0. The third kappa shape index (κ3) is 4.27. The van der Waals surface area contributed by atoms with Crippen LogP contribution in [-0.4, -0.2) is 52.3 Å². The van der Waals surface area contributed by atoms with Gasteiger partial charge in [-0.3, -0.25) is 0 Å². The van der Waals surface area contributed by atoms with Crippen molar-refractivity contribution in [1.82, 2.24) is 19.4 Å². The Hall–Kier alpha value is -2.64. The number of anilines is 1. The Bertz CT molecular complexity index is 1050. The second-order valence-corrected chi connectivity index (χ2v) is 8.07. The van der Waals surface area contributed by atoms with Crippen molar-refractivity contribution in [3.8, 4) is 0 Å². The lowest BCUT2D eigenvalue weighted by Crippen LogP contribution is -2.33. The molecule has 4 rings (SSSR count). The zero-order chi connectivity index (χ0) is 21.1. The highest BCUT2D eigenvalue weighted by atomic mass is 35.5. The number of fused-ring (bicyclic) bond motifs is 1. The molecular formula is C22H26ClN5O2. The molecule has 3 heterocycles. The van der Waals surface area contributed by atoms with E-state index >= 15 is 0 Å². The van der Waals surface area contributed by atoms with Crippen molar-refractivity contribution in [3.05, 3.63) is 52.9 Å². The second kappa shape index (κ2) is 9.02. The summed E-state index contributed by atoms with van der Waals surface area (Å²) < 4.78 is 7.40. The fraction of sp³-hybridized carbons (Fsp3) is 0.409. The van der Waals surface area contributed by atoms with Crippen molar-refractivity contribution in [2.75, 3.05) is 32.1 Å². The van der Waals surface area contributed by atoms with Gasteiger partial charge in [0.2, 0.25) is 0 Å². The predicted molar refractivity (Wildman–Crippen MR) is 118 cm³/mol. The van der Waals surface area contributed by atoms with Gasteiger partial charge in [0.15, 0.2) is 5.65 Å². The van der Waals surface area contributed by atoms with Crippen molar-refractivity contribution in [2.45, 2.75) is 26.3 Å². The molecule has 0 bridgehead atoms. The van der Waals surface area contributed by atoms with Gasteiger partial charge in [-0.1, -0.05) is 17.7 Å². The number of nitrogens with one attached hydrogen (secondary N) is 1. The van der Waals surface area contributed by atoms with Gasteiger partial charge in [0.25, 0.3) is 0 Å². The maximum atomic E-state index is 12.7. The highest BCUT2D eigenvalue weighted by Crippen LogP contribution is 2.26. The van der Waals surface area contributed by atoms with Crippen LogP contribution in [0.3, 0.4) is 0 Å². The van der Waals surface area contributed by atoms with E-state index in [1.165, 1.54) is 0 Å². The van der Waals surface area contributed by atoms with Crippen LogP contribution in [0.5, 0.6) is 0 Å².